The number of fused-ring (bicyclic) bond motifs is 1. The summed E-state index contributed by atoms with van der Waals surface area (Å²) in [7, 11) is 0. The Morgan fingerprint density at radius 3 is 2.57 bits per heavy atom. The minimum Gasteiger partial charge on any atom is -0.507 e. The van der Waals surface area contributed by atoms with Gasteiger partial charge in [0, 0.05) is 24.2 Å². The number of aromatic nitrogens is 1. The third-order valence-corrected chi connectivity index (χ3v) is 4.85. The number of aryl methyl sites for hydroxylation is 2. The number of para-hydroxylation sites is 1. The van der Waals surface area contributed by atoms with Gasteiger partial charge in [-0.05, 0) is 44.0 Å². The van der Waals surface area contributed by atoms with Crippen LogP contribution in [0.2, 0.25) is 0 Å². The number of carbonyl (C=O) groups excluding carboxylic acids is 2. The van der Waals surface area contributed by atoms with Crippen molar-refractivity contribution >= 4 is 28.4 Å². The molecule has 3 aromatic rings. The minimum atomic E-state index is -1.08. The Morgan fingerprint density at radius 1 is 1.13 bits per heavy atom. The molecule has 154 valence electrons. The van der Waals surface area contributed by atoms with Gasteiger partial charge >= 0.3 is 5.97 Å². The molecular weight excluding hydrogens is 382 g/mol. The number of ketones is 1. The summed E-state index contributed by atoms with van der Waals surface area (Å²) in [6.45, 7) is 6.12. The van der Waals surface area contributed by atoms with E-state index in [0.717, 1.165) is 22.8 Å². The lowest BCUT2D eigenvalue weighted by molar-refractivity contribution is -0.151. The topological polar surface area (TPSA) is 85.6 Å². The maximum atomic E-state index is 12.9. The molecule has 1 N–H and O–H groups in total. The second-order valence-corrected chi connectivity index (χ2v) is 7.06. The molecule has 1 aromatic heterocycles. The molecule has 1 heterocycles. The first-order valence-corrected chi connectivity index (χ1v) is 9.62. The number of ether oxygens (including phenoxy) is 1. The number of aliphatic hydroxyl groups is 1. The van der Waals surface area contributed by atoms with Gasteiger partial charge in [0.2, 0.25) is 0 Å². The van der Waals surface area contributed by atoms with Gasteiger partial charge in [-0.25, -0.2) is 4.79 Å². The molecule has 2 aromatic carbocycles. The minimum absolute atomic E-state index is 0.0395. The number of nitrogens with zero attached hydrogens (tertiary/aromatic N) is 1. The molecule has 0 atom stereocenters. The second-order valence-electron chi connectivity index (χ2n) is 7.06. The zero-order valence-corrected chi connectivity index (χ0v) is 17.1. The highest BCUT2D eigenvalue weighted by Crippen LogP contribution is 2.19. The van der Waals surface area contributed by atoms with Crippen molar-refractivity contribution in [3.8, 4) is 0 Å². The lowest BCUT2D eigenvalue weighted by Gasteiger charge is -2.15. The number of aliphatic hydroxyl groups excluding tert-OH is 1. The number of carbonyl (C=O) groups is 2. The Hall–Kier alpha value is -3.67. The van der Waals surface area contributed by atoms with E-state index >= 15 is 0 Å². The van der Waals surface area contributed by atoms with Gasteiger partial charge in [-0.2, -0.15) is 0 Å². The first kappa shape index (κ1) is 21.0. The Labute approximate surface area is 174 Å². The van der Waals surface area contributed by atoms with Crippen LogP contribution in [-0.4, -0.2) is 28.0 Å². The first-order valence-electron chi connectivity index (χ1n) is 9.62. The molecule has 0 saturated carbocycles. The lowest BCUT2D eigenvalue weighted by Crippen LogP contribution is -2.18. The van der Waals surface area contributed by atoms with Crippen molar-refractivity contribution in [1.29, 1.82) is 0 Å². The zero-order valence-electron chi connectivity index (χ0n) is 17.1. The van der Waals surface area contributed by atoms with Gasteiger partial charge < -0.3 is 14.4 Å². The predicted molar refractivity (Wildman–Crippen MR) is 115 cm³/mol. The number of rotatable bonds is 6. The molecule has 0 amide bonds. The number of pyridine rings is 1. The van der Waals surface area contributed by atoms with Crippen molar-refractivity contribution in [3.05, 3.63) is 87.2 Å². The summed E-state index contributed by atoms with van der Waals surface area (Å²) in [5.74, 6) is -2.68. The fraction of sp³-hybridized carbons (Fsp3) is 0.208. The van der Waals surface area contributed by atoms with Gasteiger partial charge in [0.1, 0.15) is 5.76 Å². The molecule has 0 unspecified atom stereocenters. The molecule has 30 heavy (non-hydrogen) atoms. The summed E-state index contributed by atoms with van der Waals surface area (Å²) in [5, 5.41) is 10.9. The van der Waals surface area contributed by atoms with Crippen molar-refractivity contribution in [2.24, 2.45) is 0 Å². The van der Waals surface area contributed by atoms with Crippen LogP contribution in [0.15, 0.2) is 59.5 Å². The Bertz CT molecular complexity index is 1220. The second kappa shape index (κ2) is 8.78. The van der Waals surface area contributed by atoms with E-state index in [1.54, 1.807) is 19.1 Å². The number of hydrogen-bond donors (Lipinski definition) is 1. The highest BCUT2D eigenvalue weighted by molar-refractivity contribution is 6.39. The van der Waals surface area contributed by atoms with Crippen LogP contribution < -0.4 is 5.43 Å². The monoisotopic (exact) mass is 405 g/mol. The maximum absolute atomic E-state index is 12.9. The summed E-state index contributed by atoms with van der Waals surface area (Å²) in [6, 6.07) is 13.2. The average molecular weight is 405 g/mol. The third kappa shape index (κ3) is 4.33. The van der Waals surface area contributed by atoms with E-state index in [1.165, 1.54) is 6.20 Å². The molecule has 6 heteroatoms. The zero-order chi connectivity index (χ0) is 21.8. The quantitative estimate of drug-likeness (QED) is 0.293. The Morgan fingerprint density at radius 2 is 1.87 bits per heavy atom. The van der Waals surface area contributed by atoms with Crippen LogP contribution >= 0.6 is 0 Å². The van der Waals surface area contributed by atoms with Crippen LogP contribution in [-0.2, 0) is 20.9 Å². The third-order valence-electron chi connectivity index (χ3n) is 4.85. The van der Waals surface area contributed by atoms with E-state index in [4.69, 9.17) is 0 Å². The first-order chi connectivity index (χ1) is 14.3. The fourth-order valence-electron chi connectivity index (χ4n) is 3.33. The Balaban J connectivity index is 2.12. The standard InChI is InChI=1S/C24H23NO5/c1-4-30-24(29)22(27)12-21(26)19-14-25(13-17-10-9-15(2)11-16(17)3)20-8-6-5-7-18(20)23(19)28/h5-12,14,26H,4,13H2,1-3H3/b21-12-. The maximum Gasteiger partial charge on any atom is 0.379 e. The van der Waals surface area contributed by atoms with E-state index in [2.05, 4.69) is 10.8 Å². The summed E-state index contributed by atoms with van der Waals surface area (Å²) < 4.78 is 6.49. The van der Waals surface area contributed by atoms with Crippen molar-refractivity contribution in [2.45, 2.75) is 27.3 Å². The fourth-order valence-corrected chi connectivity index (χ4v) is 3.33. The Kier molecular flexibility index (Phi) is 6.16. The van der Waals surface area contributed by atoms with Gasteiger partial charge in [-0.15, -0.1) is 0 Å². The molecule has 0 fully saturated rings. The number of benzene rings is 2. The van der Waals surface area contributed by atoms with Crippen molar-refractivity contribution in [3.63, 3.8) is 0 Å². The van der Waals surface area contributed by atoms with Crippen LogP contribution in [0.4, 0.5) is 0 Å². The van der Waals surface area contributed by atoms with Crippen LogP contribution in [0.1, 0.15) is 29.2 Å². The number of esters is 1. The van der Waals surface area contributed by atoms with Gasteiger partial charge in [-0.1, -0.05) is 35.9 Å². The van der Waals surface area contributed by atoms with E-state index in [0.29, 0.717) is 17.4 Å². The molecule has 0 aliphatic heterocycles. The molecule has 0 saturated heterocycles. The molecule has 0 spiro atoms. The molecular formula is C24H23NO5. The van der Waals surface area contributed by atoms with Gasteiger partial charge in [-0.3, -0.25) is 9.59 Å². The van der Waals surface area contributed by atoms with Crippen molar-refractivity contribution < 1.29 is 19.4 Å². The summed E-state index contributed by atoms with van der Waals surface area (Å²) >= 11 is 0. The molecule has 0 bridgehead atoms. The van der Waals surface area contributed by atoms with Gasteiger partial charge in [0.25, 0.3) is 5.78 Å². The van der Waals surface area contributed by atoms with Crippen LogP contribution in [0.3, 0.4) is 0 Å². The van der Waals surface area contributed by atoms with Crippen LogP contribution in [0.25, 0.3) is 16.7 Å². The van der Waals surface area contributed by atoms with Gasteiger partial charge in [0.15, 0.2) is 5.43 Å². The van der Waals surface area contributed by atoms with E-state index in [1.807, 2.05) is 42.7 Å². The van der Waals surface area contributed by atoms with E-state index in [-0.39, 0.29) is 12.2 Å². The predicted octanol–water partition coefficient (Wildman–Crippen LogP) is 3.70. The highest BCUT2D eigenvalue weighted by Gasteiger charge is 2.17. The van der Waals surface area contributed by atoms with Crippen molar-refractivity contribution in [1.82, 2.24) is 4.57 Å². The molecule has 0 radical (unpaired) electrons. The SMILES string of the molecule is CCOC(=O)C(=O)/C=C(\O)c1cn(Cc2ccc(C)cc2C)c2ccccc2c1=O. The molecule has 6 nitrogen and oxygen atoms in total. The lowest BCUT2D eigenvalue weighted by atomic mass is 10.0. The van der Waals surface area contributed by atoms with Crippen molar-refractivity contribution in [2.75, 3.05) is 6.61 Å². The average Bonchev–Trinajstić information content (AvgIpc) is 2.72. The molecule has 0 aliphatic rings. The highest BCUT2D eigenvalue weighted by atomic mass is 16.5. The summed E-state index contributed by atoms with van der Waals surface area (Å²) in [6.07, 6.45) is 2.24. The summed E-state index contributed by atoms with van der Waals surface area (Å²) in [4.78, 5) is 36.4. The smallest absolute Gasteiger partial charge is 0.379 e. The van der Waals surface area contributed by atoms with E-state index < -0.39 is 22.9 Å². The number of hydrogen-bond acceptors (Lipinski definition) is 5. The largest absolute Gasteiger partial charge is 0.507 e. The summed E-state index contributed by atoms with van der Waals surface area (Å²) in [5.41, 5.74) is 3.54. The van der Waals surface area contributed by atoms with Gasteiger partial charge in [0.05, 0.1) is 17.7 Å². The van der Waals surface area contributed by atoms with E-state index in [9.17, 15) is 19.5 Å². The molecule has 0 aliphatic carbocycles. The van der Waals surface area contributed by atoms with Crippen LogP contribution in [0.5, 0.6) is 0 Å². The normalized spacial score (nSPS) is 11.5. The molecule has 3 rings (SSSR count). The van der Waals surface area contributed by atoms with Crippen LogP contribution in [0, 0.1) is 13.8 Å².